The number of rotatable bonds is 4. The maximum Gasteiger partial charge on any atom is 0.219 e. The second-order valence-corrected chi connectivity index (χ2v) is 3.73. The van der Waals surface area contributed by atoms with E-state index in [1.54, 1.807) is 19.2 Å². The van der Waals surface area contributed by atoms with Gasteiger partial charge >= 0.3 is 0 Å². The molecule has 1 amide bonds. The summed E-state index contributed by atoms with van der Waals surface area (Å²) in [6.45, 7) is 1.85. The Morgan fingerprint density at radius 3 is 2.40 bits per heavy atom. The summed E-state index contributed by atoms with van der Waals surface area (Å²) in [5, 5.41) is 3.02. The summed E-state index contributed by atoms with van der Waals surface area (Å²) in [4.78, 5) is 10.9. The van der Waals surface area contributed by atoms with E-state index in [9.17, 15) is 9.18 Å². The van der Waals surface area contributed by atoms with Gasteiger partial charge in [0.15, 0.2) is 0 Å². The van der Waals surface area contributed by atoms with Crippen LogP contribution in [0.3, 0.4) is 0 Å². The summed E-state index contributed by atoms with van der Waals surface area (Å²) in [6.07, 6.45) is 0.176. The number of benzene rings is 1. The van der Waals surface area contributed by atoms with Gasteiger partial charge in [-0.2, -0.15) is 0 Å². The number of nitrogens with two attached hydrogens (primary N) is 1. The number of carbonyl (C=O) groups is 1. The van der Waals surface area contributed by atoms with Crippen molar-refractivity contribution in [1.29, 1.82) is 0 Å². The molecule has 0 aliphatic heterocycles. The van der Waals surface area contributed by atoms with Crippen molar-refractivity contribution in [1.82, 2.24) is 5.32 Å². The SMILES string of the molecule is CNC(C)(CC(N)=O)c1ccc(F)cc1. The lowest BCUT2D eigenvalue weighted by molar-refractivity contribution is -0.119. The molecule has 0 spiro atoms. The number of carbonyl (C=O) groups excluding carboxylic acids is 1. The van der Waals surface area contributed by atoms with Crippen LogP contribution < -0.4 is 11.1 Å². The molecule has 0 aromatic heterocycles. The minimum atomic E-state index is -0.542. The van der Waals surface area contributed by atoms with Gasteiger partial charge in [-0.3, -0.25) is 4.79 Å². The van der Waals surface area contributed by atoms with Crippen LogP contribution in [0.25, 0.3) is 0 Å². The second kappa shape index (κ2) is 4.40. The van der Waals surface area contributed by atoms with E-state index in [1.165, 1.54) is 12.1 Å². The Hall–Kier alpha value is -1.42. The molecule has 1 rings (SSSR count). The second-order valence-electron chi connectivity index (χ2n) is 3.73. The maximum atomic E-state index is 12.7. The molecule has 1 atom stereocenters. The van der Waals surface area contributed by atoms with Gasteiger partial charge in [0.1, 0.15) is 5.82 Å². The fraction of sp³-hybridized carbons (Fsp3) is 0.364. The largest absolute Gasteiger partial charge is 0.370 e. The topological polar surface area (TPSA) is 55.1 Å². The highest BCUT2D eigenvalue weighted by Crippen LogP contribution is 2.23. The smallest absolute Gasteiger partial charge is 0.219 e. The molecule has 3 N–H and O–H groups in total. The first-order valence-corrected chi connectivity index (χ1v) is 4.71. The maximum absolute atomic E-state index is 12.7. The minimum Gasteiger partial charge on any atom is -0.370 e. The molecule has 1 unspecified atom stereocenters. The third-order valence-corrected chi connectivity index (χ3v) is 2.56. The van der Waals surface area contributed by atoms with Crippen LogP contribution in [0.2, 0.25) is 0 Å². The summed E-state index contributed by atoms with van der Waals surface area (Å²) in [7, 11) is 1.74. The van der Waals surface area contributed by atoms with Gasteiger partial charge in [0.25, 0.3) is 0 Å². The van der Waals surface area contributed by atoms with Crippen LogP contribution in [0.5, 0.6) is 0 Å². The Labute approximate surface area is 88.5 Å². The molecule has 0 fully saturated rings. The van der Waals surface area contributed by atoms with Crippen molar-refractivity contribution in [2.75, 3.05) is 7.05 Å². The van der Waals surface area contributed by atoms with Gasteiger partial charge < -0.3 is 11.1 Å². The van der Waals surface area contributed by atoms with Crippen molar-refractivity contribution < 1.29 is 9.18 Å². The highest BCUT2D eigenvalue weighted by atomic mass is 19.1. The van der Waals surface area contributed by atoms with Crippen LogP contribution in [0.1, 0.15) is 18.9 Å². The van der Waals surface area contributed by atoms with Gasteiger partial charge in [-0.05, 0) is 31.7 Å². The first-order chi connectivity index (χ1) is 6.98. The molecule has 0 bridgehead atoms. The quantitative estimate of drug-likeness (QED) is 0.782. The molecule has 3 nitrogen and oxygen atoms in total. The molecule has 0 heterocycles. The zero-order valence-corrected chi connectivity index (χ0v) is 8.88. The van der Waals surface area contributed by atoms with E-state index in [4.69, 9.17) is 5.73 Å². The van der Waals surface area contributed by atoms with E-state index in [0.717, 1.165) is 5.56 Å². The third kappa shape index (κ3) is 2.76. The molecule has 0 saturated carbocycles. The lowest BCUT2D eigenvalue weighted by Crippen LogP contribution is -2.40. The zero-order chi connectivity index (χ0) is 11.5. The molecule has 82 valence electrons. The standard InChI is InChI=1S/C11H15FN2O/c1-11(14-2,7-10(13)15)8-3-5-9(12)6-4-8/h3-6,14H,7H2,1-2H3,(H2,13,15). The van der Waals surface area contributed by atoms with Crippen LogP contribution in [-0.2, 0) is 10.3 Å². The molecule has 15 heavy (non-hydrogen) atoms. The van der Waals surface area contributed by atoms with E-state index < -0.39 is 11.4 Å². The highest BCUT2D eigenvalue weighted by Gasteiger charge is 2.26. The van der Waals surface area contributed by atoms with Gasteiger partial charge in [0, 0.05) is 12.0 Å². The zero-order valence-electron chi connectivity index (χ0n) is 8.88. The monoisotopic (exact) mass is 210 g/mol. The molecule has 0 radical (unpaired) electrons. The molecule has 1 aromatic carbocycles. The lowest BCUT2D eigenvalue weighted by Gasteiger charge is -2.28. The Morgan fingerprint density at radius 2 is 2.00 bits per heavy atom. The average molecular weight is 210 g/mol. The van der Waals surface area contributed by atoms with Crippen LogP contribution in [-0.4, -0.2) is 13.0 Å². The number of hydrogen-bond acceptors (Lipinski definition) is 2. The van der Waals surface area contributed by atoms with Crippen LogP contribution in [0.4, 0.5) is 4.39 Å². The summed E-state index contributed by atoms with van der Waals surface area (Å²) >= 11 is 0. The summed E-state index contributed by atoms with van der Waals surface area (Å²) < 4.78 is 12.7. The molecule has 0 aliphatic rings. The Balaban J connectivity index is 3.00. The van der Waals surface area contributed by atoms with Crippen molar-refractivity contribution in [3.63, 3.8) is 0 Å². The number of amides is 1. The molecule has 0 saturated heterocycles. The van der Waals surface area contributed by atoms with Crippen molar-refractivity contribution in [3.8, 4) is 0 Å². The van der Waals surface area contributed by atoms with Crippen LogP contribution in [0.15, 0.2) is 24.3 Å². The van der Waals surface area contributed by atoms with Crippen LogP contribution in [0, 0.1) is 5.82 Å². The summed E-state index contributed by atoms with van der Waals surface area (Å²) in [5.74, 6) is -0.688. The highest BCUT2D eigenvalue weighted by molar-refractivity contribution is 5.75. The summed E-state index contributed by atoms with van der Waals surface area (Å²) in [5.41, 5.74) is 5.46. The predicted molar refractivity (Wildman–Crippen MR) is 56.6 cm³/mol. The van der Waals surface area contributed by atoms with Gasteiger partial charge in [0.05, 0.1) is 0 Å². The van der Waals surface area contributed by atoms with Crippen LogP contribution >= 0.6 is 0 Å². The van der Waals surface area contributed by atoms with E-state index in [1.807, 2.05) is 6.92 Å². The Bertz CT molecular complexity index is 350. The molecule has 4 heteroatoms. The van der Waals surface area contributed by atoms with Crippen molar-refractivity contribution in [3.05, 3.63) is 35.6 Å². The van der Waals surface area contributed by atoms with Crippen molar-refractivity contribution in [2.45, 2.75) is 18.9 Å². The van der Waals surface area contributed by atoms with Gasteiger partial charge in [0.2, 0.25) is 5.91 Å². The van der Waals surface area contributed by atoms with E-state index in [0.29, 0.717) is 0 Å². The van der Waals surface area contributed by atoms with Gasteiger partial charge in [-0.25, -0.2) is 4.39 Å². The van der Waals surface area contributed by atoms with Crippen molar-refractivity contribution >= 4 is 5.91 Å². The molecule has 1 aromatic rings. The lowest BCUT2D eigenvalue weighted by atomic mass is 9.88. The first-order valence-electron chi connectivity index (χ1n) is 4.71. The third-order valence-electron chi connectivity index (χ3n) is 2.56. The van der Waals surface area contributed by atoms with E-state index >= 15 is 0 Å². The fourth-order valence-corrected chi connectivity index (χ4v) is 1.50. The van der Waals surface area contributed by atoms with Crippen molar-refractivity contribution in [2.24, 2.45) is 5.73 Å². The summed E-state index contributed by atoms with van der Waals surface area (Å²) in [6, 6.07) is 6.03. The number of primary amides is 1. The van der Waals surface area contributed by atoms with Gasteiger partial charge in [-0.15, -0.1) is 0 Å². The molecular formula is C11H15FN2O. The number of hydrogen-bond donors (Lipinski definition) is 2. The fourth-order valence-electron chi connectivity index (χ4n) is 1.50. The predicted octanol–water partition coefficient (Wildman–Crippen LogP) is 1.14. The van der Waals surface area contributed by atoms with E-state index in [2.05, 4.69) is 5.32 Å². The normalized spacial score (nSPS) is 14.6. The minimum absolute atomic E-state index is 0.176. The number of nitrogens with one attached hydrogen (secondary N) is 1. The Morgan fingerprint density at radius 1 is 1.47 bits per heavy atom. The molecule has 0 aliphatic carbocycles. The van der Waals surface area contributed by atoms with Gasteiger partial charge in [-0.1, -0.05) is 12.1 Å². The Kier molecular flexibility index (Phi) is 3.42. The number of halogens is 1. The van der Waals surface area contributed by atoms with E-state index in [-0.39, 0.29) is 12.2 Å². The average Bonchev–Trinajstić information content (AvgIpc) is 2.17. The molecular weight excluding hydrogens is 195 g/mol. The first kappa shape index (κ1) is 11.7.